The number of hydrogen-bond acceptors (Lipinski definition) is 5. The lowest BCUT2D eigenvalue weighted by Gasteiger charge is -2.01. The van der Waals surface area contributed by atoms with E-state index in [1.54, 1.807) is 5.38 Å². The lowest BCUT2D eigenvalue weighted by atomic mass is 10.3. The summed E-state index contributed by atoms with van der Waals surface area (Å²) in [6.07, 6.45) is 1.17. The molecule has 8 heteroatoms. The van der Waals surface area contributed by atoms with Gasteiger partial charge in [-0.3, -0.25) is 9.52 Å². The van der Waals surface area contributed by atoms with Gasteiger partial charge in [0.15, 0.2) is 5.13 Å². The fraction of sp³-hybridized carbons (Fsp3) is 0.500. The Labute approximate surface area is 96.4 Å². The van der Waals surface area contributed by atoms with Gasteiger partial charge in [-0.15, -0.1) is 11.3 Å². The number of nitrogens with zero attached hydrogens (tertiary/aromatic N) is 1. The van der Waals surface area contributed by atoms with Crippen molar-refractivity contribution >= 4 is 32.5 Å². The van der Waals surface area contributed by atoms with E-state index >= 15 is 0 Å². The lowest BCUT2D eigenvalue weighted by molar-refractivity contribution is -0.136. The molecule has 0 unspecified atom stereocenters. The summed E-state index contributed by atoms with van der Waals surface area (Å²) in [5, 5.41) is 10.0. The quantitative estimate of drug-likeness (QED) is 0.813. The highest BCUT2D eigenvalue weighted by molar-refractivity contribution is 7.93. The molecule has 1 aromatic heterocycles. The van der Waals surface area contributed by atoms with E-state index in [0.717, 1.165) is 11.3 Å². The van der Waals surface area contributed by atoms with Gasteiger partial charge in [0.1, 0.15) is 0 Å². The van der Waals surface area contributed by atoms with Crippen molar-refractivity contribution in [2.75, 3.05) is 4.72 Å². The highest BCUT2D eigenvalue weighted by Gasteiger charge is 2.36. The molecule has 1 aromatic rings. The molecule has 0 aliphatic heterocycles. The number of thiazole rings is 1. The first-order chi connectivity index (χ1) is 7.47. The summed E-state index contributed by atoms with van der Waals surface area (Å²) in [6, 6.07) is 0. The van der Waals surface area contributed by atoms with Crippen LogP contribution < -0.4 is 4.72 Å². The van der Waals surface area contributed by atoms with Crippen molar-refractivity contribution in [1.82, 2.24) is 4.98 Å². The number of carboxylic acid groups (broad SMARTS) is 1. The molecule has 1 heterocycles. The highest BCUT2D eigenvalue weighted by Crippen LogP contribution is 2.30. The first kappa shape index (κ1) is 11.3. The fourth-order valence-electron chi connectivity index (χ4n) is 1.17. The molecule has 6 nitrogen and oxygen atoms in total. The monoisotopic (exact) mass is 262 g/mol. The van der Waals surface area contributed by atoms with Gasteiger partial charge in [0.05, 0.1) is 17.4 Å². The Hall–Kier alpha value is -1.15. The molecule has 1 aliphatic rings. The summed E-state index contributed by atoms with van der Waals surface area (Å²) in [7, 11) is -3.30. The van der Waals surface area contributed by atoms with Crippen LogP contribution in [0, 0.1) is 0 Å². The maximum atomic E-state index is 11.5. The number of aliphatic carboxylic acids is 1. The second-order valence-electron chi connectivity index (χ2n) is 3.56. The van der Waals surface area contributed by atoms with E-state index in [1.807, 2.05) is 0 Å². The predicted molar refractivity (Wildman–Crippen MR) is 59.0 cm³/mol. The fourth-order valence-corrected chi connectivity index (χ4v) is 3.48. The van der Waals surface area contributed by atoms with E-state index in [4.69, 9.17) is 5.11 Å². The molecule has 0 spiro atoms. The Bertz CT molecular complexity index is 504. The molecule has 0 radical (unpaired) electrons. The minimum atomic E-state index is -3.30. The summed E-state index contributed by atoms with van der Waals surface area (Å²) < 4.78 is 25.4. The Morgan fingerprint density at radius 3 is 2.88 bits per heavy atom. The molecule has 0 amide bonds. The zero-order chi connectivity index (χ0) is 11.8. The molecule has 2 rings (SSSR count). The van der Waals surface area contributed by atoms with Crippen LogP contribution in [0.2, 0.25) is 0 Å². The van der Waals surface area contributed by atoms with Crippen LogP contribution in [0.3, 0.4) is 0 Å². The molecule has 0 aromatic carbocycles. The van der Waals surface area contributed by atoms with Crippen molar-refractivity contribution < 1.29 is 18.3 Å². The van der Waals surface area contributed by atoms with Crippen molar-refractivity contribution in [1.29, 1.82) is 0 Å². The Balaban J connectivity index is 2.05. The largest absolute Gasteiger partial charge is 0.481 e. The second kappa shape index (κ2) is 4.02. The van der Waals surface area contributed by atoms with Crippen LogP contribution in [0.15, 0.2) is 5.38 Å². The molecule has 1 aliphatic carbocycles. The standard InChI is InChI=1S/C8H10N2O4S2/c11-7(12)3-5-4-15-8(9-5)10-16(13,14)6-1-2-6/h4,6H,1-3H2,(H,9,10)(H,11,12). The average molecular weight is 262 g/mol. The van der Waals surface area contributed by atoms with Gasteiger partial charge >= 0.3 is 5.97 Å². The molecule has 1 saturated carbocycles. The molecule has 0 bridgehead atoms. The normalized spacial score (nSPS) is 16.0. The van der Waals surface area contributed by atoms with E-state index in [0.29, 0.717) is 18.5 Å². The van der Waals surface area contributed by atoms with Gasteiger partial charge in [0.2, 0.25) is 10.0 Å². The molecular weight excluding hydrogens is 252 g/mol. The number of rotatable bonds is 5. The molecular formula is C8H10N2O4S2. The van der Waals surface area contributed by atoms with Gasteiger partial charge in [-0.2, -0.15) is 0 Å². The number of carboxylic acids is 1. The predicted octanol–water partition coefficient (Wildman–Crippen LogP) is 0.674. The van der Waals surface area contributed by atoms with E-state index in [2.05, 4.69) is 9.71 Å². The Kier molecular flexibility index (Phi) is 2.85. The van der Waals surface area contributed by atoms with Gasteiger partial charge < -0.3 is 5.11 Å². The van der Waals surface area contributed by atoms with Gasteiger partial charge in [0, 0.05) is 5.38 Å². The van der Waals surface area contributed by atoms with E-state index in [9.17, 15) is 13.2 Å². The third-order valence-corrected chi connectivity index (χ3v) is 4.84. The summed E-state index contributed by atoms with van der Waals surface area (Å²) in [5.41, 5.74) is 0.367. The van der Waals surface area contributed by atoms with Crippen LogP contribution in [0.25, 0.3) is 0 Å². The lowest BCUT2D eigenvalue weighted by Crippen LogP contribution is -2.17. The molecule has 88 valence electrons. The van der Waals surface area contributed by atoms with Gasteiger partial charge in [-0.1, -0.05) is 0 Å². The van der Waals surface area contributed by atoms with Crippen molar-refractivity contribution in [3.8, 4) is 0 Å². The number of sulfonamides is 1. The van der Waals surface area contributed by atoms with Crippen molar-refractivity contribution in [2.45, 2.75) is 24.5 Å². The second-order valence-corrected chi connectivity index (χ2v) is 6.38. The first-order valence-corrected chi connectivity index (χ1v) is 7.08. The van der Waals surface area contributed by atoms with Crippen LogP contribution in [-0.2, 0) is 21.2 Å². The number of carbonyl (C=O) groups is 1. The average Bonchev–Trinajstić information content (AvgIpc) is 2.91. The summed E-state index contributed by atoms with van der Waals surface area (Å²) >= 11 is 1.10. The minimum absolute atomic E-state index is 0.193. The summed E-state index contributed by atoms with van der Waals surface area (Å²) in [6.45, 7) is 0. The SMILES string of the molecule is O=C(O)Cc1csc(NS(=O)(=O)C2CC2)n1. The maximum absolute atomic E-state index is 11.5. The van der Waals surface area contributed by atoms with Crippen LogP contribution >= 0.6 is 11.3 Å². The van der Waals surface area contributed by atoms with Crippen LogP contribution in [0.5, 0.6) is 0 Å². The molecule has 0 saturated heterocycles. The number of aromatic nitrogens is 1. The first-order valence-electron chi connectivity index (χ1n) is 4.65. The number of anilines is 1. The maximum Gasteiger partial charge on any atom is 0.309 e. The van der Waals surface area contributed by atoms with Crippen LogP contribution in [0.1, 0.15) is 18.5 Å². The van der Waals surface area contributed by atoms with Gasteiger partial charge in [-0.25, -0.2) is 13.4 Å². The molecule has 1 fully saturated rings. The van der Waals surface area contributed by atoms with E-state index < -0.39 is 16.0 Å². The van der Waals surface area contributed by atoms with Gasteiger partial charge in [-0.05, 0) is 12.8 Å². The zero-order valence-corrected chi connectivity index (χ0v) is 9.84. The van der Waals surface area contributed by atoms with Crippen LogP contribution in [-0.4, -0.2) is 29.7 Å². The minimum Gasteiger partial charge on any atom is -0.481 e. The Morgan fingerprint density at radius 2 is 2.31 bits per heavy atom. The van der Waals surface area contributed by atoms with Crippen molar-refractivity contribution in [3.05, 3.63) is 11.1 Å². The highest BCUT2D eigenvalue weighted by atomic mass is 32.2. The smallest absolute Gasteiger partial charge is 0.309 e. The summed E-state index contributed by atoms with van der Waals surface area (Å²) in [5.74, 6) is -0.984. The van der Waals surface area contributed by atoms with Gasteiger partial charge in [0.25, 0.3) is 0 Å². The van der Waals surface area contributed by atoms with Crippen molar-refractivity contribution in [3.63, 3.8) is 0 Å². The number of nitrogens with one attached hydrogen (secondary N) is 1. The molecule has 0 atom stereocenters. The van der Waals surface area contributed by atoms with E-state index in [1.165, 1.54) is 0 Å². The molecule has 16 heavy (non-hydrogen) atoms. The zero-order valence-electron chi connectivity index (χ0n) is 8.21. The third kappa shape index (κ3) is 2.70. The Morgan fingerprint density at radius 1 is 1.62 bits per heavy atom. The van der Waals surface area contributed by atoms with Crippen LogP contribution in [0.4, 0.5) is 5.13 Å². The summed E-state index contributed by atoms with van der Waals surface area (Å²) in [4.78, 5) is 14.3. The molecule has 2 N–H and O–H groups in total. The third-order valence-electron chi connectivity index (χ3n) is 2.08. The topological polar surface area (TPSA) is 96.4 Å². The van der Waals surface area contributed by atoms with Crippen molar-refractivity contribution in [2.24, 2.45) is 0 Å². The van der Waals surface area contributed by atoms with E-state index in [-0.39, 0.29) is 16.8 Å². The number of hydrogen-bond donors (Lipinski definition) is 2.